The fourth-order valence-corrected chi connectivity index (χ4v) is 3.08. The van der Waals surface area contributed by atoms with Crippen molar-refractivity contribution in [3.05, 3.63) is 33.9 Å². The summed E-state index contributed by atoms with van der Waals surface area (Å²) in [6.45, 7) is 2.36. The third-order valence-corrected chi connectivity index (χ3v) is 4.35. The highest BCUT2D eigenvalue weighted by Gasteiger charge is 2.40. The number of carbonyl (C=O) groups is 1. The van der Waals surface area contributed by atoms with Crippen LogP contribution in [0.5, 0.6) is 0 Å². The number of fused-ring (bicyclic) bond motifs is 1. The van der Waals surface area contributed by atoms with Gasteiger partial charge in [-0.1, -0.05) is 11.6 Å². The Morgan fingerprint density at radius 3 is 2.60 bits per heavy atom. The molecule has 0 aliphatic carbocycles. The lowest BCUT2D eigenvalue weighted by molar-refractivity contribution is -0.141. The molecule has 0 bridgehead atoms. The second-order valence-electron chi connectivity index (χ2n) is 5.82. The van der Waals surface area contributed by atoms with Crippen LogP contribution in [0.4, 0.5) is 13.2 Å². The summed E-state index contributed by atoms with van der Waals surface area (Å²) in [5.41, 5.74) is -0.428. The molecule has 0 fully saturated rings. The first-order chi connectivity index (χ1) is 11.6. The largest absolute Gasteiger partial charge is 0.436 e. The van der Waals surface area contributed by atoms with Gasteiger partial charge in [0.15, 0.2) is 5.69 Å². The van der Waals surface area contributed by atoms with Crippen molar-refractivity contribution in [1.82, 2.24) is 24.5 Å². The molecule has 2 aromatic heterocycles. The first-order valence-corrected chi connectivity index (χ1v) is 7.81. The van der Waals surface area contributed by atoms with Crippen LogP contribution >= 0.6 is 11.6 Å². The fraction of sp³-hybridized carbons (Fsp3) is 0.500. The van der Waals surface area contributed by atoms with Crippen molar-refractivity contribution in [2.75, 3.05) is 6.54 Å². The van der Waals surface area contributed by atoms with Gasteiger partial charge in [-0.3, -0.25) is 14.2 Å². The maximum Gasteiger partial charge on any atom is 0.436 e. The number of hydrogen-bond acceptors (Lipinski definition) is 4. The van der Waals surface area contributed by atoms with Crippen molar-refractivity contribution < 1.29 is 23.1 Å². The zero-order chi connectivity index (χ0) is 18.5. The number of nitrogens with zero attached hydrogens (tertiary/aromatic N) is 5. The number of aromatic nitrogens is 4. The summed E-state index contributed by atoms with van der Waals surface area (Å²) >= 11 is 5.77. The average molecular weight is 378 g/mol. The summed E-state index contributed by atoms with van der Waals surface area (Å²) in [6, 6.07) is 1.66. The highest BCUT2D eigenvalue weighted by Crippen LogP contribution is 2.36. The SMILES string of the molecule is C[C@@H](O)c1cc2n(n1)CCN(C(=O)c1c(Cl)c(C(F)(F)F)nn1C)C2. The number of aliphatic hydroxyl groups excluding tert-OH is 1. The van der Waals surface area contributed by atoms with Crippen molar-refractivity contribution in [2.45, 2.75) is 32.3 Å². The highest BCUT2D eigenvalue weighted by atomic mass is 35.5. The lowest BCUT2D eigenvalue weighted by atomic mass is 10.2. The zero-order valence-electron chi connectivity index (χ0n) is 13.4. The molecule has 3 rings (SSSR count). The van der Waals surface area contributed by atoms with Gasteiger partial charge in [-0.15, -0.1) is 0 Å². The molecule has 0 unspecified atom stereocenters. The molecule has 0 saturated carbocycles. The molecule has 0 spiro atoms. The summed E-state index contributed by atoms with van der Waals surface area (Å²) in [5, 5.41) is 16.4. The number of carbonyl (C=O) groups excluding carboxylic acids is 1. The highest BCUT2D eigenvalue weighted by molar-refractivity contribution is 6.34. The first kappa shape index (κ1) is 17.7. The van der Waals surface area contributed by atoms with E-state index >= 15 is 0 Å². The Bertz CT molecular complexity index is 827. The van der Waals surface area contributed by atoms with E-state index in [0.717, 1.165) is 4.68 Å². The third kappa shape index (κ3) is 3.11. The molecule has 25 heavy (non-hydrogen) atoms. The van der Waals surface area contributed by atoms with Crippen molar-refractivity contribution in [3.8, 4) is 0 Å². The molecule has 0 aromatic carbocycles. The van der Waals surface area contributed by atoms with Gasteiger partial charge in [0.05, 0.1) is 30.6 Å². The van der Waals surface area contributed by atoms with Crippen LogP contribution in [0.25, 0.3) is 0 Å². The molecule has 11 heteroatoms. The van der Waals surface area contributed by atoms with E-state index in [2.05, 4.69) is 10.2 Å². The van der Waals surface area contributed by atoms with E-state index in [1.54, 1.807) is 17.7 Å². The Morgan fingerprint density at radius 1 is 1.36 bits per heavy atom. The van der Waals surface area contributed by atoms with Crippen LogP contribution in [0, 0.1) is 0 Å². The van der Waals surface area contributed by atoms with Gasteiger partial charge in [-0.2, -0.15) is 23.4 Å². The summed E-state index contributed by atoms with van der Waals surface area (Å²) < 4.78 is 41.2. The Kier molecular flexibility index (Phi) is 4.28. The van der Waals surface area contributed by atoms with E-state index in [9.17, 15) is 23.1 Å². The Labute approximate surface area is 145 Å². The quantitative estimate of drug-likeness (QED) is 0.868. The van der Waals surface area contributed by atoms with E-state index in [-0.39, 0.29) is 18.8 Å². The van der Waals surface area contributed by atoms with Crippen molar-refractivity contribution in [3.63, 3.8) is 0 Å². The van der Waals surface area contributed by atoms with E-state index < -0.39 is 28.9 Å². The molecule has 1 atom stereocenters. The number of halogens is 4. The molecule has 1 aliphatic heterocycles. The molecule has 1 N–H and O–H groups in total. The van der Waals surface area contributed by atoms with E-state index in [0.29, 0.717) is 17.9 Å². The fourth-order valence-electron chi connectivity index (χ4n) is 2.73. The summed E-state index contributed by atoms with van der Waals surface area (Å²) in [4.78, 5) is 14.0. The Balaban J connectivity index is 1.89. The lowest BCUT2D eigenvalue weighted by Crippen LogP contribution is -2.39. The zero-order valence-corrected chi connectivity index (χ0v) is 14.1. The summed E-state index contributed by atoms with van der Waals surface area (Å²) in [7, 11) is 1.24. The van der Waals surface area contributed by atoms with Gasteiger partial charge < -0.3 is 10.0 Å². The van der Waals surface area contributed by atoms with Gasteiger partial charge in [0.1, 0.15) is 10.7 Å². The van der Waals surface area contributed by atoms with Crippen LogP contribution in [0.3, 0.4) is 0 Å². The molecule has 1 amide bonds. The van der Waals surface area contributed by atoms with Crippen LogP contribution in [0.2, 0.25) is 5.02 Å². The number of amides is 1. The minimum atomic E-state index is -4.74. The Hall–Kier alpha value is -2.07. The Morgan fingerprint density at radius 2 is 2.04 bits per heavy atom. The van der Waals surface area contributed by atoms with Crippen LogP contribution in [0.1, 0.15) is 40.6 Å². The van der Waals surface area contributed by atoms with Crippen molar-refractivity contribution in [2.24, 2.45) is 7.05 Å². The maximum atomic E-state index is 12.9. The first-order valence-electron chi connectivity index (χ1n) is 7.43. The molecular weight excluding hydrogens is 363 g/mol. The smallest absolute Gasteiger partial charge is 0.387 e. The van der Waals surface area contributed by atoms with Gasteiger partial charge in [-0.05, 0) is 13.0 Å². The number of aryl methyl sites for hydroxylation is 1. The van der Waals surface area contributed by atoms with Gasteiger partial charge in [0, 0.05) is 13.6 Å². The maximum absolute atomic E-state index is 12.9. The average Bonchev–Trinajstić information content (AvgIpc) is 3.06. The van der Waals surface area contributed by atoms with Crippen LogP contribution in [0.15, 0.2) is 6.07 Å². The molecule has 0 saturated heterocycles. The molecular formula is C14H15ClF3N5O2. The van der Waals surface area contributed by atoms with Crippen LogP contribution in [-0.4, -0.2) is 42.0 Å². The van der Waals surface area contributed by atoms with Crippen molar-refractivity contribution >= 4 is 17.5 Å². The normalized spacial score (nSPS) is 16.0. The monoisotopic (exact) mass is 377 g/mol. The third-order valence-electron chi connectivity index (χ3n) is 3.99. The van der Waals surface area contributed by atoms with Gasteiger partial charge >= 0.3 is 6.18 Å². The number of aliphatic hydroxyl groups is 1. The topological polar surface area (TPSA) is 76.2 Å². The van der Waals surface area contributed by atoms with E-state index in [1.807, 2.05) is 0 Å². The summed E-state index contributed by atoms with van der Waals surface area (Å²) in [5.74, 6) is -0.637. The minimum Gasteiger partial charge on any atom is -0.387 e. The number of alkyl halides is 3. The molecule has 7 nitrogen and oxygen atoms in total. The number of hydrogen-bond donors (Lipinski definition) is 1. The minimum absolute atomic E-state index is 0.154. The van der Waals surface area contributed by atoms with E-state index in [4.69, 9.17) is 11.6 Å². The molecule has 1 aliphatic rings. The van der Waals surface area contributed by atoms with Gasteiger partial charge in [0.2, 0.25) is 0 Å². The van der Waals surface area contributed by atoms with Crippen molar-refractivity contribution in [1.29, 1.82) is 0 Å². The van der Waals surface area contributed by atoms with Crippen LogP contribution in [-0.2, 0) is 26.3 Å². The molecule has 0 radical (unpaired) electrons. The second-order valence-corrected chi connectivity index (χ2v) is 6.20. The molecule has 2 aromatic rings. The molecule has 3 heterocycles. The van der Waals surface area contributed by atoms with Crippen LogP contribution < -0.4 is 0 Å². The predicted octanol–water partition coefficient (Wildman–Crippen LogP) is 2.00. The standard InChI is InChI=1S/C14H15ClF3N5O2/c1-7(24)9-5-8-6-22(3-4-23(8)19-9)13(25)11-10(15)12(14(16,17)18)20-21(11)2/h5,7,24H,3-4,6H2,1-2H3/t7-/m1/s1. The number of rotatable bonds is 2. The van der Waals surface area contributed by atoms with Gasteiger partial charge in [0.25, 0.3) is 5.91 Å². The lowest BCUT2D eigenvalue weighted by Gasteiger charge is -2.27. The summed E-state index contributed by atoms with van der Waals surface area (Å²) in [6.07, 6.45) is -5.48. The van der Waals surface area contributed by atoms with E-state index in [1.165, 1.54) is 11.9 Å². The van der Waals surface area contributed by atoms with Gasteiger partial charge in [-0.25, -0.2) is 0 Å². The second kappa shape index (κ2) is 6.03. The predicted molar refractivity (Wildman–Crippen MR) is 80.8 cm³/mol. The molecule has 136 valence electrons.